The average Bonchev–Trinajstić information content (AvgIpc) is 3.49. The molecule has 1 spiro atoms. The standard InChI is InChI=1S/C30H28N4O4.C2H6/c35-18-32-28-24(4-3-13-31-28)21-14-19-7-8-22(16-20(19)15-21)33-27(37)17-34-26-6-2-1-5-25(26)30(29(34)38)11-9-23(36)10-12-30;1-2/h1-8,13,16,18,21H,9-12,14-15,17H2,(H,33,37)(H,31,32,35);1-2H3. The lowest BCUT2D eigenvalue weighted by Crippen LogP contribution is -2.45. The van der Waals surface area contributed by atoms with Crippen LogP contribution in [0.4, 0.5) is 17.2 Å². The van der Waals surface area contributed by atoms with Gasteiger partial charge in [0.15, 0.2) is 0 Å². The largest absolute Gasteiger partial charge is 0.325 e. The number of carbonyl (C=O) groups excluding carboxylic acids is 4. The molecule has 2 heterocycles. The SMILES string of the molecule is CC.O=CNc1ncccc1C1Cc2ccc(NC(=O)CN3C(=O)C4(CCC(=O)CC4)c4ccccc43)cc2C1. The van der Waals surface area contributed by atoms with Crippen molar-refractivity contribution in [3.8, 4) is 0 Å². The minimum Gasteiger partial charge on any atom is -0.325 e. The van der Waals surface area contributed by atoms with E-state index in [9.17, 15) is 19.2 Å². The predicted octanol–water partition coefficient (Wildman–Crippen LogP) is 4.92. The van der Waals surface area contributed by atoms with Gasteiger partial charge in [0.1, 0.15) is 18.1 Å². The number of nitrogens with zero attached hydrogens (tertiary/aromatic N) is 2. The fourth-order valence-electron chi connectivity index (χ4n) is 6.38. The molecule has 1 aliphatic heterocycles. The molecule has 3 aliphatic rings. The number of pyridine rings is 1. The molecule has 8 heteroatoms. The van der Waals surface area contributed by atoms with Crippen LogP contribution in [-0.2, 0) is 37.4 Å². The molecule has 1 atom stereocenters. The van der Waals surface area contributed by atoms with Crippen molar-refractivity contribution in [1.29, 1.82) is 0 Å². The summed E-state index contributed by atoms with van der Waals surface area (Å²) in [5.41, 5.74) is 4.99. The van der Waals surface area contributed by atoms with Crippen LogP contribution >= 0.6 is 0 Å². The van der Waals surface area contributed by atoms with E-state index in [1.165, 1.54) is 5.56 Å². The smallest absolute Gasteiger partial charge is 0.244 e. The lowest BCUT2D eigenvalue weighted by molar-refractivity contribution is -0.129. The summed E-state index contributed by atoms with van der Waals surface area (Å²) in [5.74, 6) is 0.593. The highest BCUT2D eigenvalue weighted by atomic mass is 16.2. The number of hydrogen-bond donors (Lipinski definition) is 2. The number of hydrogen-bond acceptors (Lipinski definition) is 5. The molecule has 1 fully saturated rings. The first kappa shape index (κ1) is 27.2. The molecule has 2 N–H and O–H groups in total. The highest BCUT2D eigenvalue weighted by molar-refractivity contribution is 6.12. The first-order chi connectivity index (χ1) is 19.5. The molecule has 1 saturated carbocycles. The molecule has 40 heavy (non-hydrogen) atoms. The minimum absolute atomic E-state index is 0.0817. The van der Waals surface area contributed by atoms with Crippen molar-refractivity contribution < 1.29 is 19.2 Å². The first-order valence-corrected chi connectivity index (χ1v) is 14.0. The van der Waals surface area contributed by atoms with E-state index in [1.807, 2.05) is 68.4 Å². The molecule has 6 rings (SSSR count). The summed E-state index contributed by atoms with van der Waals surface area (Å²) in [6.07, 6.45) is 5.67. The van der Waals surface area contributed by atoms with Crippen molar-refractivity contribution in [2.45, 2.75) is 63.7 Å². The molecule has 3 aromatic rings. The van der Waals surface area contributed by atoms with Crippen LogP contribution in [0.5, 0.6) is 0 Å². The van der Waals surface area contributed by atoms with Crippen molar-refractivity contribution in [1.82, 2.24) is 4.98 Å². The van der Waals surface area contributed by atoms with Gasteiger partial charge in [0, 0.05) is 30.4 Å². The third-order valence-corrected chi connectivity index (χ3v) is 8.22. The normalized spacial score (nSPS) is 18.4. The molecular formula is C32H34N4O4. The Kier molecular flexibility index (Phi) is 7.78. The fraction of sp³-hybridized carbons (Fsp3) is 0.344. The molecule has 0 bridgehead atoms. The van der Waals surface area contributed by atoms with Crippen LogP contribution in [-0.4, -0.2) is 35.5 Å². The van der Waals surface area contributed by atoms with Crippen LogP contribution in [0.25, 0.3) is 0 Å². The summed E-state index contributed by atoms with van der Waals surface area (Å²) >= 11 is 0. The summed E-state index contributed by atoms with van der Waals surface area (Å²) in [7, 11) is 0. The summed E-state index contributed by atoms with van der Waals surface area (Å²) in [6, 6.07) is 17.4. The molecule has 3 amide bonds. The maximum absolute atomic E-state index is 13.6. The minimum atomic E-state index is -0.711. The van der Waals surface area contributed by atoms with E-state index in [-0.39, 0.29) is 30.1 Å². The van der Waals surface area contributed by atoms with E-state index in [0.29, 0.717) is 43.6 Å². The van der Waals surface area contributed by atoms with Crippen molar-refractivity contribution in [2.24, 2.45) is 0 Å². The molecule has 1 unspecified atom stereocenters. The van der Waals surface area contributed by atoms with Gasteiger partial charge in [-0.3, -0.25) is 19.2 Å². The number of fused-ring (bicyclic) bond motifs is 3. The van der Waals surface area contributed by atoms with E-state index in [0.717, 1.165) is 35.2 Å². The fourth-order valence-corrected chi connectivity index (χ4v) is 6.38. The van der Waals surface area contributed by atoms with Gasteiger partial charge in [0.2, 0.25) is 18.2 Å². The second-order valence-electron chi connectivity index (χ2n) is 10.4. The van der Waals surface area contributed by atoms with Crippen molar-refractivity contribution in [2.75, 3.05) is 22.1 Å². The highest BCUT2D eigenvalue weighted by Crippen LogP contribution is 2.49. The molecule has 8 nitrogen and oxygen atoms in total. The van der Waals surface area contributed by atoms with Crippen LogP contribution in [0.3, 0.4) is 0 Å². The lowest BCUT2D eigenvalue weighted by atomic mass is 9.70. The zero-order chi connectivity index (χ0) is 28.3. The van der Waals surface area contributed by atoms with Crippen LogP contribution in [0.1, 0.15) is 67.7 Å². The predicted molar refractivity (Wildman–Crippen MR) is 154 cm³/mol. The molecule has 206 valence electrons. The Hall–Kier alpha value is -4.33. The Bertz CT molecular complexity index is 1460. The second-order valence-corrected chi connectivity index (χ2v) is 10.4. The van der Waals surface area contributed by atoms with E-state index in [2.05, 4.69) is 15.6 Å². The number of benzene rings is 2. The van der Waals surface area contributed by atoms with Gasteiger partial charge in [-0.15, -0.1) is 0 Å². The summed E-state index contributed by atoms with van der Waals surface area (Å²) in [4.78, 5) is 55.5. The Morgan fingerprint density at radius 1 is 1.02 bits per heavy atom. The number of amides is 3. The monoisotopic (exact) mass is 538 g/mol. The van der Waals surface area contributed by atoms with Gasteiger partial charge in [-0.05, 0) is 78.1 Å². The zero-order valence-corrected chi connectivity index (χ0v) is 22.9. The average molecular weight is 539 g/mol. The van der Waals surface area contributed by atoms with E-state index >= 15 is 0 Å². The number of aromatic nitrogens is 1. The van der Waals surface area contributed by atoms with Crippen molar-refractivity contribution >= 4 is 41.2 Å². The number of Topliss-reactive ketones (excluding diaryl/α,β-unsaturated/α-hetero) is 1. The van der Waals surface area contributed by atoms with Gasteiger partial charge in [0.25, 0.3) is 0 Å². The number of ketones is 1. The third kappa shape index (κ3) is 4.90. The van der Waals surface area contributed by atoms with E-state index in [4.69, 9.17) is 0 Å². The summed E-state index contributed by atoms with van der Waals surface area (Å²) in [6.45, 7) is 3.92. The third-order valence-electron chi connectivity index (χ3n) is 8.22. The van der Waals surface area contributed by atoms with E-state index < -0.39 is 5.41 Å². The molecule has 2 aliphatic carbocycles. The number of nitrogens with one attached hydrogen (secondary N) is 2. The van der Waals surface area contributed by atoms with Crippen molar-refractivity contribution in [3.63, 3.8) is 0 Å². The zero-order valence-electron chi connectivity index (χ0n) is 22.9. The molecule has 2 aromatic carbocycles. The summed E-state index contributed by atoms with van der Waals surface area (Å²) in [5, 5.41) is 5.67. The van der Waals surface area contributed by atoms with Crippen LogP contribution in [0.2, 0.25) is 0 Å². The highest BCUT2D eigenvalue weighted by Gasteiger charge is 2.52. The second kappa shape index (κ2) is 11.4. The number of carbonyl (C=O) groups is 4. The lowest BCUT2D eigenvalue weighted by Gasteiger charge is -2.31. The number of rotatable bonds is 6. The maximum atomic E-state index is 13.6. The Labute approximate surface area is 234 Å². The topological polar surface area (TPSA) is 108 Å². The number of para-hydroxylation sites is 1. The van der Waals surface area contributed by atoms with Crippen LogP contribution in [0, 0.1) is 0 Å². The van der Waals surface area contributed by atoms with E-state index in [1.54, 1.807) is 11.1 Å². The molecule has 0 radical (unpaired) electrons. The van der Waals surface area contributed by atoms with Crippen LogP contribution in [0.15, 0.2) is 60.8 Å². The Balaban J connectivity index is 0.00000158. The number of anilines is 3. The Morgan fingerprint density at radius 3 is 2.55 bits per heavy atom. The first-order valence-electron chi connectivity index (χ1n) is 14.0. The molecule has 0 saturated heterocycles. The molecule has 1 aromatic heterocycles. The summed E-state index contributed by atoms with van der Waals surface area (Å²) < 4.78 is 0. The Morgan fingerprint density at radius 2 is 1.77 bits per heavy atom. The van der Waals surface area contributed by atoms with Gasteiger partial charge in [-0.25, -0.2) is 4.98 Å². The van der Waals surface area contributed by atoms with Crippen LogP contribution < -0.4 is 15.5 Å². The van der Waals surface area contributed by atoms with Gasteiger partial charge in [0.05, 0.1) is 5.41 Å². The maximum Gasteiger partial charge on any atom is 0.244 e. The van der Waals surface area contributed by atoms with Gasteiger partial charge >= 0.3 is 0 Å². The van der Waals surface area contributed by atoms with Gasteiger partial charge in [-0.2, -0.15) is 0 Å². The van der Waals surface area contributed by atoms with Gasteiger partial charge < -0.3 is 15.5 Å². The molecular weight excluding hydrogens is 504 g/mol. The van der Waals surface area contributed by atoms with Crippen molar-refractivity contribution in [3.05, 3.63) is 83.0 Å². The van der Waals surface area contributed by atoms with Gasteiger partial charge in [-0.1, -0.05) is 44.2 Å². The quantitative estimate of drug-likeness (QED) is 0.433.